The van der Waals surface area contributed by atoms with E-state index < -0.39 is 12.1 Å². The van der Waals surface area contributed by atoms with Crippen molar-refractivity contribution >= 4 is 11.9 Å². The lowest BCUT2D eigenvalue weighted by atomic mass is 10.0. The van der Waals surface area contributed by atoms with Gasteiger partial charge in [0.05, 0.1) is 25.4 Å². The number of aliphatic hydroxyl groups is 2. The second kappa shape index (κ2) is 57.2. The summed E-state index contributed by atoms with van der Waals surface area (Å²) in [5.41, 5.74) is 0. The Morgan fingerprint density at radius 3 is 1.10 bits per heavy atom. The van der Waals surface area contributed by atoms with Gasteiger partial charge in [0.15, 0.2) is 0 Å². The van der Waals surface area contributed by atoms with Gasteiger partial charge in [-0.2, -0.15) is 0 Å². The van der Waals surface area contributed by atoms with Gasteiger partial charge in [0.25, 0.3) is 0 Å². The Hall–Kier alpha value is -1.40. The molecule has 2 atom stereocenters. The van der Waals surface area contributed by atoms with E-state index in [-0.39, 0.29) is 18.5 Å². The van der Waals surface area contributed by atoms with E-state index in [0.29, 0.717) is 25.9 Å². The van der Waals surface area contributed by atoms with E-state index in [2.05, 4.69) is 31.3 Å². The van der Waals surface area contributed by atoms with Crippen LogP contribution < -0.4 is 5.32 Å². The highest BCUT2D eigenvalue weighted by molar-refractivity contribution is 5.76. The quantitative estimate of drug-likeness (QED) is 0.0321. The van der Waals surface area contributed by atoms with E-state index in [9.17, 15) is 19.8 Å². The van der Waals surface area contributed by atoms with E-state index in [1.54, 1.807) is 0 Å². The predicted molar refractivity (Wildman–Crippen MR) is 292 cm³/mol. The molecule has 0 aromatic carbocycles. The Labute approximate surface area is 419 Å². The van der Waals surface area contributed by atoms with Gasteiger partial charge in [-0.3, -0.25) is 9.59 Å². The molecule has 0 heterocycles. The highest BCUT2D eigenvalue weighted by Gasteiger charge is 2.20. The number of ether oxygens (including phenoxy) is 1. The van der Waals surface area contributed by atoms with Crippen molar-refractivity contribution in [1.82, 2.24) is 5.32 Å². The summed E-state index contributed by atoms with van der Waals surface area (Å²) in [5.74, 6) is -0.0267. The van der Waals surface area contributed by atoms with Gasteiger partial charge in [-0.1, -0.05) is 296 Å². The molecular weight excluding hydrogens is 827 g/mol. The molecule has 0 fully saturated rings. The SMILES string of the molecule is CCCC/C=C\CCCCCCCC(=O)OCCCCCCCCCCCCCCCCCCCCCCCCCCC(=O)NC(CO)C(O)CCCCCCCCCCCCCCCCC. The van der Waals surface area contributed by atoms with Gasteiger partial charge < -0.3 is 20.3 Å². The lowest BCUT2D eigenvalue weighted by Gasteiger charge is -2.22. The normalized spacial score (nSPS) is 12.6. The van der Waals surface area contributed by atoms with E-state index in [1.807, 2.05) is 0 Å². The second-order valence-corrected chi connectivity index (χ2v) is 21.0. The minimum absolute atomic E-state index is 0.00483. The molecule has 0 rings (SSSR count). The molecule has 0 aromatic rings. The number of aliphatic hydroxyl groups excluding tert-OH is 2. The Balaban J connectivity index is 3.36. The lowest BCUT2D eigenvalue weighted by molar-refractivity contribution is -0.143. The van der Waals surface area contributed by atoms with Crippen molar-refractivity contribution in [3.63, 3.8) is 0 Å². The third-order valence-electron chi connectivity index (χ3n) is 14.3. The Bertz CT molecular complexity index is 1000. The minimum atomic E-state index is -0.662. The first kappa shape index (κ1) is 65.6. The minimum Gasteiger partial charge on any atom is -0.466 e. The number of hydrogen-bond acceptors (Lipinski definition) is 5. The number of amides is 1. The van der Waals surface area contributed by atoms with Crippen LogP contribution in [-0.2, 0) is 14.3 Å². The Morgan fingerprint density at radius 1 is 0.403 bits per heavy atom. The largest absolute Gasteiger partial charge is 0.466 e. The van der Waals surface area contributed by atoms with Gasteiger partial charge in [-0.25, -0.2) is 0 Å². The van der Waals surface area contributed by atoms with Crippen LogP contribution in [0.2, 0.25) is 0 Å². The van der Waals surface area contributed by atoms with Crippen molar-refractivity contribution in [3.8, 4) is 0 Å². The Morgan fingerprint density at radius 2 is 0.716 bits per heavy atom. The van der Waals surface area contributed by atoms with E-state index in [4.69, 9.17) is 4.74 Å². The number of hydrogen-bond donors (Lipinski definition) is 3. The van der Waals surface area contributed by atoms with E-state index in [0.717, 1.165) is 44.9 Å². The molecule has 0 saturated heterocycles. The van der Waals surface area contributed by atoms with Crippen LogP contribution in [0.25, 0.3) is 0 Å². The van der Waals surface area contributed by atoms with Gasteiger partial charge in [-0.05, 0) is 44.9 Å². The standard InChI is InChI=1S/C61H119NO5/c1-3-5-7-9-11-13-15-16-27-30-34-37-41-45-49-53-59(64)58(57-63)62-60(65)54-50-46-42-38-35-31-28-25-23-21-19-17-18-20-22-24-26-29-32-36-40-44-48-52-56-67-61(66)55-51-47-43-39-33-14-12-10-8-6-4-2/h10,12,58-59,63-64H,3-9,11,13-57H2,1-2H3,(H,62,65)/b12-10-. The van der Waals surface area contributed by atoms with Gasteiger partial charge in [0.2, 0.25) is 5.91 Å². The summed E-state index contributed by atoms with van der Waals surface area (Å²) in [6, 6.07) is -0.539. The third kappa shape index (κ3) is 53.8. The van der Waals surface area contributed by atoms with Crippen molar-refractivity contribution in [2.24, 2.45) is 0 Å². The van der Waals surface area contributed by atoms with Gasteiger partial charge in [0.1, 0.15) is 0 Å². The fourth-order valence-electron chi connectivity index (χ4n) is 9.62. The number of unbranched alkanes of at least 4 members (excludes halogenated alkanes) is 44. The second-order valence-electron chi connectivity index (χ2n) is 21.0. The smallest absolute Gasteiger partial charge is 0.305 e. The molecule has 0 aliphatic heterocycles. The molecule has 0 aromatic heterocycles. The zero-order valence-electron chi connectivity index (χ0n) is 45.4. The number of rotatable bonds is 57. The molecule has 67 heavy (non-hydrogen) atoms. The van der Waals surface area contributed by atoms with Gasteiger partial charge >= 0.3 is 5.97 Å². The number of esters is 1. The zero-order valence-corrected chi connectivity index (χ0v) is 45.4. The van der Waals surface area contributed by atoms with Crippen LogP contribution in [0.4, 0.5) is 0 Å². The summed E-state index contributed by atoms with van der Waals surface area (Å²) < 4.78 is 5.46. The molecule has 0 saturated carbocycles. The van der Waals surface area contributed by atoms with Crippen LogP contribution in [0.15, 0.2) is 12.2 Å². The fourth-order valence-corrected chi connectivity index (χ4v) is 9.62. The van der Waals surface area contributed by atoms with Crippen LogP contribution in [0, 0.1) is 0 Å². The number of carbonyl (C=O) groups is 2. The van der Waals surface area contributed by atoms with Gasteiger partial charge in [0, 0.05) is 12.8 Å². The molecule has 0 bridgehead atoms. The van der Waals surface area contributed by atoms with Crippen molar-refractivity contribution in [1.29, 1.82) is 0 Å². The summed E-state index contributed by atoms with van der Waals surface area (Å²) in [6.45, 7) is 4.94. The number of nitrogens with one attached hydrogen (secondary N) is 1. The van der Waals surface area contributed by atoms with Gasteiger partial charge in [-0.15, -0.1) is 0 Å². The average molecular weight is 947 g/mol. The molecule has 6 nitrogen and oxygen atoms in total. The number of allylic oxidation sites excluding steroid dienone is 2. The molecule has 0 radical (unpaired) electrons. The first-order valence-electron chi connectivity index (χ1n) is 30.4. The topological polar surface area (TPSA) is 95.9 Å². The van der Waals surface area contributed by atoms with Crippen LogP contribution in [0.5, 0.6) is 0 Å². The maximum atomic E-state index is 12.5. The first-order valence-corrected chi connectivity index (χ1v) is 30.4. The average Bonchev–Trinajstić information content (AvgIpc) is 3.33. The molecule has 2 unspecified atom stereocenters. The van der Waals surface area contributed by atoms with Crippen LogP contribution in [-0.4, -0.2) is 47.4 Å². The van der Waals surface area contributed by atoms with Crippen molar-refractivity contribution < 1.29 is 24.5 Å². The van der Waals surface area contributed by atoms with Crippen LogP contribution >= 0.6 is 0 Å². The predicted octanol–water partition coefficient (Wildman–Crippen LogP) is 18.9. The molecular formula is C61H119NO5. The lowest BCUT2D eigenvalue weighted by Crippen LogP contribution is -2.45. The summed E-state index contributed by atoms with van der Waals surface area (Å²) in [5, 5.41) is 23.3. The van der Waals surface area contributed by atoms with Crippen LogP contribution in [0.3, 0.4) is 0 Å². The number of carbonyl (C=O) groups excluding carboxylic acids is 2. The first-order chi connectivity index (χ1) is 33.0. The maximum absolute atomic E-state index is 12.5. The third-order valence-corrected chi connectivity index (χ3v) is 14.3. The maximum Gasteiger partial charge on any atom is 0.305 e. The fraction of sp³-hybridized carbons (Fsp3) is 0.934. The molecule has 6 heteroatoms. The van der Waals surface area contributed by atoms with Crippen LogP contribution in [0.1, 0.15) is 341 Å². The highest BCUT2D eigenvalue weighted by atomic mass is 16.5. The molecule has 398 valence electrons. The highest BCUT2D eigenvalue weighted by Crippen LogP contribution is 2.18. The molecule has 0 aliphatic carbocycles. The molecule has 0 aliphatic rings. The van der Waals surface area contributed by atoms with Crippen molar-refractivity contribution in [2.75, 3.05) is 13.2 Å². The zero-order chi connectivity index (χ0) is 48.6. The summed E-state index contributed by atoms with van der Waals surface area (Å²) in [4.78, 5) is 24.5. The molecule has 1 amide bonds. The molecule has 0 spiro atoms. The monoisotopic (exact) mass is 946 g/mol. The summed E-state index contributed by atoms with van der Waals surface area (Å²) in [7, 11) is 0. The summed E-state index contributed by atoms with van der Waals surface area (Å²) in [6.07, 6.45) is 67.9. The van der Waals surface area contributed by atoms with Crippen molar-refractivity contribution in [3.05, 3.63) is 12.2 Å². The van der Waals surface area contributed by atoms with Crippen molar-refractivity contribution in [2.45, 2.75) is 353 Å². The van der Waals surface area contributed by atoms with E-state index >= 15 is 0 Å². The Kier molecular flexibility index (Phi) is 56.0. The molecule has 3 N–H and O–H groups in total. The van der Waals surface area contributed by atoms with E-state index in [1.165, 1.54) is 263 Å². The summed E-state index contributed by atoms with van der Waals surface area (Å²) >= 11 is 0.